The number of benzene rings is 1. The normalized spacial score (nSPS) is 10.7. The molecule has 4 heteroatoms. The van der Waals surface area contributed by atoms with Crippen molar-refractivity contribution in [1.29, 1.82) is 0 Å². The highest BCUT2D eigenvalue weighted by molar-refractivity contribution is 6.02. The summed E-state index contributed by atoms with van der Waals surface area (Å²) < 4.78 is 0. The van der Waals surface area contributed by atoms with Crippen LogP contribution in [0.3, 0.4) is 0 Å². The van der Waals surface area contributed by atoms with E-state index in [0.29, 0.717) is 12.8 Å². The van der Waals surface area contributed by atoms with Crippen molar-refractivity contribution >= 4 is 23.2 Å². The average molecular weight is 361 g/mol. The zero-order valence-corrected chi connectivity index (χ0v) is 17.5. The quantitative estimate of drug-likeness (QED) is 0.506. The fraction of sp³-hybridized carbons (Fsp3) is 0.636. The Hall–Kier alpha value is -1.84. The fourth-order valence-electron chi connectivity index (χ4n) is 3.10. The smallest absolute Gasteiger partial charge is 0.224 e. The molecule has 0 aliphatic rings. The number of unbranched alkanes of at least 4 members (excludes halogenated alkanes) is 4. The molecule has 0 saturated carbocycles. The second-order valence-electron chi connectivity index (χ2n) is 7.26. The van der Waals surface area contributed by atoms with Crippen molar-refractivity contribution < 1.29 is 9.59 Å². The summed E-state index contributed by atoms with van der Waals surface area (Å²) in [6.45, 7) is 12.4. The van der Waals surface area contributed by atoms with Gasteiger partial charge in [-0.25, -0.2) is 0 Å². The molecule has 2 N–H and O–H groups in total. The number of carbonyl (C=O) groups is 2. The van der Waals surface area contributed by atoms with E-state index in [-0.39, 0.29) is 11.8 Å². The van der Waals surface area contributed by atoms with Crippen LogP contribution in [0.5, 0.6) is 0 Å². The lowest BCUT2D eigenvalue weighted by molar-refractivity contribution is -0.117. The van der Waals surface area contributed by atoms with Gasteiger partial charge in [-0.05, 0) is 62.8 Å². The van der Waals surface area contributed by atoms with Crippen molar-refractivity contribution in [3.8, 4) is 0 Å². The molecule has 4 nitrogen and oxygen atoms in total. The predicted molar refractivity (Wildman–Crippen MR) is 111 cm³/mol. The lowest BCUT2D eigenvalue weighted by atomic mass is 9.95. The highest BCUT2D eigenvalue weighted by Gasteiger charge is 2.18. The number of nitrogens with one attached hydrogen (secondary N) is 2. The highest BCUT2D eigenvalue weighted by atomic mass is 16.2. The Kier molecular flexibility index (Phi) is 9.39. The van der Waals surface area contributed by atoms with E-state index in [1.54, 1.807) is 0 Å². The Morgan fingerprint density at radius 3 is 1.27 bits per heavy atom. The van der Waals surface area contributed by atoms with Crippen LogP contribution >= 0.6 is 0 Å². The summed E-state index contributed by atoms with van der Waals surface area (Å²) in [7, 11) is 0. The van der Waals surface area contributed by atoms with Crippen LogP contribution in [-0.4, -0.2) is 11.8 Å². The van der Waals surface area contributed by atoms with Crippen molar-refractivity contribution in [2.45, 2.75) is 92.9 Å². The first-order valence-corrected chi connectivity index (χ1v) is 10.0. The molecule has 2 amide bonds. The summed E-state index contributed by atoms with van der Waals surface area (Å²) in [5.41, 5.74) is 5.90. The van der Waals surface area contributed by atoms with Gasteiger partial charge >= 0.3 is 0 Å². The second kappa shape index (κ2) is 11.0. The lowest BCUT2D eigenvalue weighted by Crippen LogP contribution is -2.19. The lowest BCUT2D eigenvalue weighted by Gasteiger charge is -2.22. The molecule has 146 valence electrons. The molecule has 0 aliphatic carbocycles. The minimum atomic E-state index is 0.0192. The maximum atomic E-state index is 12.4. The SMILES string of the molecule is CCCCCC(=O)Nc1c(C)c(C)c(C)c(C)c1NC(=O)CCCCC. The van der Waals surface area contributed by atoms with Crippen molar-refractivity contribution in [2.75, 3.05) is 10.6 Å². The van der Waals surface area contributed by atoms with E-state index >= 15 is 0 Å². The number of anilines is 2. The number of rotatable bonds is 10. The molecule has 0 unspecified atom stereocenters. The Bertz CT molecular complexity index is 581. The number of amides is 2. The molecular formula is C22H36N2O2. The Balaban J connectivity index is 3.06. The van der Waals surface area contributed by atoms with Crippen molar-refractivity contribution in [1.82, 2.24) is 0 Å². The van der Waals surface area contributed by atoms with Gasteiger partial charge in [0, 0.05) is 12.8 Å². The highest BCUT2D eigenvalue weighted by Crippen LogP contribution is 2.35. The number of hydrogen-bond donors (Lipinski definition) is 2. The molecule has 1 rings (SSSR count). The largest absolute Gasteiger partial charge is 0.324 e. The monoisotopic (exact) mass is 360 g/mol. The van der Waals surface area contributed by atoms with Crippen LogP contribution < -0.4 is 10.6 Å². The molecule has 0 heterocycles. The van der Waals surface area contributed by atoms with E-state index in [9.17, 15) is 9.59 Å². The summed E-state index contributed by atoms with van der Waals surface area (Å²) in [6.07, 6.45) is 7.11. The van der Waals surface area contributed by atoms with Gasteiger partial charge in [-0.1, -0.05) is 39.5 Å². The van der Waals surface area contributed by atoms with Crippen LogP contribution in [0.25, 0.3) is 0 Å². The molecular weight excluding hydrogens is 324 g/mol. The van der Waals surface area contributed by atoms with Gasteiger partial charge in [0.1, 0.15) is 0 Å². The van der Waals surface area contributed by atoms with Crippen LogP contribution in [0.1, 0.15) is 87.5 Å². The van der Waals surface area contributed by atoms with Gasteiger partial charge in [0.05, 0.1) is 11.4 Å². The van der Waals surface area contributed by atoms with Gasteiger partial charge in [0.25, 0.3) is 0 Å². The van der Waals surface area contributed by atoms with Gasteiger partial charge in [0.15, 0.2) is 0 Å². The minimum absolute atomic E-state index is 0.0192. The van der Waals surface area contributed by atoms with Gasteiger partial charge < -0.3 is 10.6 Å². The van der Waals surface area contributed by atoms with Crippen LogP contribution in [0.15, 0.2) is 0 Å². The van der Waals surface area contributed by atoms with E-state index in [1.807, 2.05) is 13.8 Å². The van der Waals surface area contributed by atoms with E-state index in [4.69, 9.17) is 0 Å². The summed E-state index contributed by atoms with van der Waals surface area (Å²) in [6, 6.07) is 0. The zero-order valence-electron chi connectivity index (χ0n) is 17.5. The van der Waals surface area contributed by atoms with E-state index in [0.717, 1.165) is 72.2 Å². The molecule has 26 heavy (non-hydrogen) atoms. The minimum Gasteiger partial charge on any atom is -0.324 e. The first kappa shape index (κ1) is 22.2. The van der Waals surface area contributed by atoms with Gasteiger partial charge in [-0.15, -0.1) is 0 Å². The number of hydrogen-bond acceptors (Lipinski definition) is 2. The van der Waals surface area contributed by atoms with Crippen molar-refractivity contribution in [3.05, 3.63) is 22.3 Å². The molecule has 0 bridgehead atoms. The molecule has 0 atom stereocenters. The maximum Gasteiger partial charge on any atom is 0.224 e. The van der Waals surface area contributed by atoms with Crippen LogP contribution in [0.4, 0.5) is 11.4 Å². The Labute approximate surface area is 159 Å². The molecule has 1 aromatic carbocycles. The summed E-state index contributed by atoms with van der Waals surface area (Å²) in [4.78, 5) is 24.7. The Morgan fingerprint density at radius 2 is 0.962 bits per heavy atom. The summed E-state index contributed by atoms with van der Waals surface area (Å²) in [5, 5.41) is 6.13. The van der Waals surface area contributed by atoms with Crippen molar-refractivity contribution in [3.63, 3.8) is 0 Å². The summed E-state index contributed by atoms with van der Waals surface area (Å²) in [5.74, 6) is 0.0383. The van der Waals surface area contributed by atoms with E-state index in [2.05, 4.69) is 38.3 Å². The van der Waals surface area contributed by atoms with Gasteiger partial charge in [0.2, 0.25) is 11.8 Å². The standard InChI is InChI=1S/C22H36N2O2/c1-7-9-11-13-19(25)23-21-17(5)15(3)16(4)18(6)22(21)24-20(26)14-12-10-8-2/h7-14H2,1-6H3,(H,23,25)(H,24,26). The fourth-order valence-corrected chi connectivity index (χ4v) is 3.10. The molecule has 0 radical (unpaired) electrons. The van der Waals surface area contributed by atoms with Gasteiger partial charge in [-0.3, -0.25) is 9.59 Å². The third-order valence-electron chi connectivity index (χ3n) is 5.23. The molecule has 0 aromatic heterocycles. The van der Waals surface area contributed by atoms with E-state index in [1.165, 1.54) is 0 Å². The summed E-state index contributed by atoms with van der Waals surface area (Å²) >= 11 is 0. The average Bonchev–Trinajstić information content (AvgIpc) is 2.61. The third-order valence-corrected chi connectivity index (χ3v) is 5.23. The molecule has 0 fully saturated rings. The third kappa shape index (κ3) is 6.15. The molecule has 1 aromatic rings. The first-order chi connectivity index (χ1) is 12.3. The topological polar surface area (TPSA) is 58.2 Å². The van der Waals surface area contributed by atoms with Crippen LogP contribution in [0.2, 0.25) is 0 Å². The number of carbonyl (C=O) groups excluding carboxylic acids is 2. The van der Waals surface area contributed by atoms with Crippen LogP contribution in [-0.2, 0) is 9.59 Å². The van der Waals surface area contributed by atoms with Crippen LogP contribution in [0, 0.1) is 27.7 Å². The first-order valence-electron chi connectivity index (χ1n) is 10.0. The second-order valence-corrected chi connectivity index (χ2v) is 7.26. The molecule has 0 saturated heterocycles. The zero-order chi connectivity index (χ0) is 19.7. The Morgan fingerprint density at radius 1 is 0.615 bits per heavy atom. The predicted octanol–water partition coefficient (Wildman–Crippen LogP) is 5.96. The van der Waals surface area contributed by atoms with E-state index < -0.39 is 0 Å². The molecule has 0 aliphatic heterocycles. The molecule has 0 spiro atoms. The maximum absolute atomic E-state index is 12.4. The van der Waals surface area contributed by atoms with Crippen molar-refractivity contribution in [2.24, 2.45) is 0 Å². The van der Waals surface area contributed by atoms with Gasteiger partial charge in [-0.2, -0.15) is 0 Å².